The Hall–Kier alpha value is -0.930. The third-order valence-corrected chi connectivity index (χ3v) is 3.57. The van der Waals surface area contributed by atoms with Gasteiger partial charge in [0, 0.05) is 25.1 Å². The molecule has 0 radical (unpaired) electrons. The fourth-order valence-corrected chi connectivity index (χ4v) is 2.21. The predicted molar refractivity (Wildman–Crippen MR) is 66.4 cm³/mol. The van der Waals surface area contributed by atoms with Crippen molar-refractivity contribution in [2.45, 2.75) is 19.3 Å². The molecule has 0 aromatic heterocycles. The van der Waals surface area contributed by atoms with Gasteiger partial charge in [-0.15, -0.1) is 0 Å². The van der Waals surface area contributed by atoms with Crippen molar-refractivity contribution in [3.63, 3.8) is 0 Å². The number of rotatable bonds is 6. The summed E-state index contributed by atoms with van der Waals surface area (Å²) < 4.78 is 13.0. The van der Waals surface area contributed by atoms with E-state index < -0.39 is 0 Å². The third-order valence-electron chi connectivity index (χ3n) is 3.57. The molecule has 1 aliphatic rings. The molecule has 1 aromatic carbocycles. The number of benzene rings is 1. The van der Waals surface area contributed by atoms with Crippen molar-refractivity contribution in [1.29, 1.82) is 0 Å². The normalized spacial score (nSPS) is 17.4. The predicted octanol–water partition coefficient (Wildman–Crippen LogP) is 2.07. The summed E-state index contributed by atoms with van der Waals surface area (Å²) in [6, 6.07) is 6.77. The first-order valence-electron chi connectivity index (χ1n) is 6.17. The van der Waals surface area contributed by atoms with Crippen LogP contribution in [0, 0.1) is 11.2 Å². The molecular formula is C14H20FNO. The second kappa shape index (κ2) is 5.15. The Morgan fingerprint density at radius 3 is 2.76 bits per heavy atom. The SMILES string of the molecule is CN(CCc1cccc(F)c1)CC1(CO)CC1. The van der Waals surface area contributed by atoms with Gasteiger partial charge in [-0.05, 0) is 44.0 Å². The van der Waals surface area contributed by atoms with Gasteiger partial charge in [-0.3, -0.25) is 0 Å². The maximum absolute atomic E-state index is 13.0. The van der Waals surface area contributed by atoms with E-state index in [1.165, 1.54) is 6.07 Å². The quantitative estimate of drug-likeness (QED) is 0.818. The number of nitrogens with zero attached hydrogens (tertiary/aromatic N) is 1. The molecule has 0 aliphatic heterocycles. The first-order chi connectivity index (χ1) is 8.13. The van der Waals surface area contributed by atoms with Crippen molar-refractivity contribution in [2.24, 2.45) is 5.41 Å². The summed E-state index contributed by atoms with van der Waals surface area (Å²) in [6.45, 7) is 2.14. The molecule has 2 rings (SSSR count). The Bertz CT molecular complexity index is 376. The van der Waals surface area contributed by atoms with Crippen LogP contribution in [0.25, 0.3) is 0 Å². The van der Waals surface area contributed by atoms with Gasteiger partial charge in [0.2, 0.25) is 0 Å². The van der Waals surface area contributed by atoms with E-state index in [9.17, 15) is 9.50 Å². The van der Waals surface area contributed by atoms with Crippen molar-refractivity contribution in [3.05, 3.63) is 35.6 Å². The van der Waals surface area contributed by atoms with E-state index in [2.05, 4.69) is 11.9 Å². The van der Waals surface area contributed by atoms with E-state index in [0.717, 1.165) is 37.9 Å². The maximum atomic E-state index is 13.0. The van der Waals surface area contributed by atoms with E-state index in [-0.39, 0.29) is 17.8 Å². The van der Waals surface area contributed by atoms with Crippen LogP contribution in [0.4, 0.5) is 4.39 Å². The summed E-state index contributed by atoms with van der Waals surface area (Å²) >= 11 is 0. The number of aliphatic hydroxyl groups excluding tert-OH is 1. The Balaban J connectivity index is 1.78. The van der Waals surface area contributed by atoms with E-state index in [4.69, 9.17) is 0 Å². The Morgan fingerprint density at radius 2 is 2.18 bits per heavy atom. The summed E-state index contributed by atoms with van der Waals surface area (Å²) in [4.78, 5) is 2.23. The first kappa shape index (κ1) is 12.5. The van der Waals surface area contributed by atoms with Crippen LogP contribution in [0.3, 0.4) is 0 Å². The minimum atomic E-state index is -0.167. The van der Waals surface area contributed by atoms with Gasteiger partial charge in [-0.25, -0.2) is 4.39 Å². The van der Waals surface area contributed by atoms with Gasteiger partial charge in [0.15, 0.2) is 0 Å². The van der Waals surface area contributed by atoms with Gasteiger partial charge in [0.1, 0.15) is 5.82 Å². The number of halogens is 1. The lowest BCUT2D eigenvalue weighted by atomic mass is 10.1. The van der Waals surface area contributed by atoms with Gasteiger partial charge >= 0.3 is 0 Å². The second-order valence-corrected chi connectivity index (χ2v) is 5.28. The molecule has 0 unspecified atom stereocenters. The lowest BCUT2D eigenvalue weighted by Crippen LogP contribution is -2.30. The number of hydrogen-bond donors (Lipinski definition) is 1. The molecule has 1 aliphatic carbocycles. The molecule has 0 heterocycles. The minimum absolute atomic E-state index is 0.163. The molecule has 1 N–H and O–H groups in total. The molecule has 1 fully saturated rings. The molecule has 2 nitrogen and oxygen atoms in total. The Kier molecular flexibility index (Phi) is 3.79. The smallest absolute Gasteiger partial charge is 0.123 e. The van der Waals surface area contributed by atoms with Crippen LogP contribution >= 0.6 is 0 Å². The van der Waals surface area contributed by atoms with Crippen LogP contribution in [0.2, 0.25) is 0 Å². The van der Waals surface area contributed by atoms with E-state index in [0.29, 0.717) is 0 Å². The van der Waals surface area contributed by atoms with Crippen LogP contribution in [0.1, 0.15) is 18.4 Å². The molecule has 1 saturated carbocycles. The average Bonchev–Trinajstić information content (AvgIpc) is 3.07. The lowest BCUT2D eigenvalue weighted by Gasteiger charge is -2.22. The Morgan fingerprint density at radius 1 is 1.41 bits per heavy atom. The Labute approximate surface area is 102 Å². The molecule has 0 amide bonds. The van der Waals surface area contributed by atoms with E-state index >= 15 is 0 Å². The van der Waals surface area contributed by atoms with Crippen molar-refractivity contribution < 1.29 is 9.50 Å². The highest BCUT2D eigenvalue weighted by Gasteiger charge is 2.42. The van der Waals surface area contributed by atoms with E-state index in [1.807, 2.05) is 6.07 Å². The number of likely N-dealkylation sites (N-methyl/N-ethyl adjacent to an activating group) is 1. The molecule has 0 bridgehead atoms. The summed E-state index contributed by atoms with van der Waals surface area (Å²) in [6.07, 6.45) is 3.12. The van der Waals surface area contributed by atoms with Gasteiger partial charge < -0.3 is 10.0 Å². The van der Waals surface area contributed by atoms with Crippen molar-refractivity contribution in [2.75, 3.05) is 26.7 Å². The summed E-state index contributed by atoms with van der Waals surface area (Å²) in [5, 5.41) is 9.25. The van der Waals surface area contributed by atoms with Crippen LogP contribution in [0.15, 0.2) is 24.3 Å². The summed E-state index contributed by atoms with van der Waals surface area (Å²) in [5.74, 6) is -0.167. The van der Waals surface area contributed by atoms with Gasteiger partial charge in [0.05, 0.1) is 0 Å². The standard InChI is InChI=1S/C14H20FNO/c1-16(10-14(11-17)6-7-14)8-5-12-3-2-4-13(15)9-12/h2-4,9,17H,5-8,10-11H2,1H3. The fourth-order valence-electron chi connectivity index (χ4n) is 2.21. The lowest BCUT2D eigenvalue weighted by molar-refractivity contribution is 0.165. The molecule has 3 heteroatoms. The number of hydrogen-bond acceptors (Lipinski definition) is 2. The number of aliphatic hydroxyl groups is 1. The van der Waals surface area contributed by atoms with Gasteiger partial charge in [0.25, 0.3) is 0 Å². The fraction of sp³-hybridized carbons (Fsp3) is 0.571. The van der Waals surface area contributed by atoms with Crippen LogP contribution in [0.5, 0.6) is 0 Å². The molecule has 17 heavy (non-hydrogen) atoms. The first-order valence-corrected chi connectivity index (χ1v) is 6.17. The highest BCUT2D eigenvalue weighted by atomic mass is 19.1. The molecule has 94 valence electrons. The molecule has 0 spiro atoms. The molecule has 0 saturated heterocycles. The zero-order chi connectivity index (χ0) is 12.3. The van der Waals surface area contributed by atoms with Crippen molar-refractivity contribution in [3.8, 4) is 0 Å². The average molecular weight is 237 g/mol. The maximum Gasteiger partial charge on any atom is 0.123 e. The molecular weight excluding hydrogens is 217 g/mol. The van der Waals surface area contributed by atoms with Gasteiger partial charge in [-0.2, -0.15) is 0 Å². The van der Waals surface area contributed by atoms with Gasteiger partial charge in [-0.1, -0.05) is 12.1 Å². The third kappa shape index (κ3) is 3.51. The monoisotopic (exact) mass is 237 g/mol. The topological polar surface area (TPSA) is 23.5 Å². The minimum Gasteiger partial charge on any atom is -0.396 e. The zero-order valence-corrected chi connectivity index (χ0v) is 10.3. The molecule has 1 aromatic rings. The van der Waals surface area contributed by atoms with Crippen molar-refractivity contribution in [1.82, 2.24) is 4.90 Å². The van der Waals surface area contributed by atoms with Crippen LogP contribution in [-0.2, 0) is 6.42 Å². The second-order valence-electron chi connectivity index (χ2n) is 5.28. The molecule has 0 atom stereocenters. The zero-order valence-electron chi connectivity index (χ0n) is 10.3. The van der Waals surface area contributed by atoms with E-state index in [1.54, 1.807) is 12.1 Å². The highest BCUT2D eigenvalue weighted by molar-refractivity contribution is 5.16. The van der Waals surface area contributed by atoms with Crippen LogP contribution in [-0.4, -0.2) is 36.8 Å². The summed E-state index contributed by atoms with van der Waals surface area (Å²) in [7, 11) is 2.06. The highest BCUT2D eigenvalue weighted by Crippen LogP contribution is 2.45. The van der Waals surface area contributed by atoms with Crippen LogP contribution < -0.4 is 0 Å². The largest absolute Gasteiger partial charge is 0.396 e. The van der Waals surface area contributed by atoms with Crippen molar-refractivity contribution >= 4 is 0 Å². The summed E-state index contributed by atoms with van der Waals surface area (Å²) in [5.41, 5.74) is 1.20.